The van der Waals surface area contributed by atoms with E-state index >= 15 is 0 Å². The first kappa shape index (κ1) is 10.7. The van der Waals surface area contributed by atoms with Crippen molar-refractivity contribution in [1.82, 2.24) is 15.2 Å². The van der Waals surface area contributed by atoms with Gasteiger partial charge in [0, 0.05) is 0 Å². The van der Waals surface area contributed by atoms with Gasteiger partial charge in [0.15, 0.2) is 0 Å². The Hall–Kier alpha value is -2.42. The Balaban J connectivity index is 0.000000169. The summed E-state index contributed by atoms with van der Waals surface area (Å²) >= 11 is 0. The number of hydrogen-bond donors (Lipinski definition) is 1. The maximum atomic E-state index is 3.56. The van der Waals surface area contributed by atoms with Crippen molar-refractivity contribution in [3.05, 3.63) is 72.3 Å². The average Bonchev–Trinajstić information content (AvgIpc) is 3.10. The predicted molar refractivity (Wildman–Crippen MR) is 71.1 cm³/mol. The van der Waals surface area contributed by atoms with E-state index in [-0.39, 0.29) is 0 Å². The molecule has 4 rings (SSSR count). The van der Waals surface area contributed by atoms with E-state index in [1.807, 2.05) is 0 Å². The molecule has 1 aliphatic carbocycles. The summed E-state index contributed by atoms with van der Waals surface area (Å²) in [4.78, 5) is 3.56. The number of hydrogen-bond acceptors (Lipinski definition) is 2. The van der Waals surface area contributed by atoms with Gasteiger partial charge >= 0.3 is 0 Å². The van der Waals surface area contributed by atoms with Crippen LogP contribution in [0.25, 0.3) is 11.1 Å². The topological polar surface area (TPSA) is 41.6 Å². The normalized spacial score (nSPS) is 11.1. The quantitative estimate of drug-likeness (QED) is 0.509. The molecule has 0 atom stereocenters. The van der Waals surface area contributed by atoms with Crippen molar-refractivity contribution in [3.63, 3.8) is 0 Å². The summed E-state index contributed by atoms with van der Waals surface area (Å²) in [5.74, 6) is 0. The lowest BCUT2D eigenvalue weighted by Crippen LogP contribution is -1.77. The van der Waals surface area contributed by atoms with Crippen molar-refractivity contribution in [2.45, 2.75) is 6.42 Å². The van der Waals surface area contributed by atoms with Crippen molar-refractivity contribution in [2.24, 2.45) is 0 Å². The van der Waals surface area contributed by atoms with E-state index in [0.29, 0.717) is 0 Å². The third kappa shape index (κ3) is 2.02. The first-order valence-corrected chi connectivity index (χ1v) is 5.90. The molecule has 2 aromatic carbocycles. The number of nitrogens with zero attached hydrogens (tertiary/aromatic N) is 2. The molecule has 3 heteroatoms. The maximum absolute atomic E-state index is 3.56. The first-order chi connectivity index (χ1) is 8.95. The van der Waals surface area contributed by atoms with Crippen LogP contribution in [0.5, 0.6) is 0 Å². The van der Waals surface area contributed by atoms with E-state index in [0.717, 1.165) is 6.42 Å². The van der Waals surface area contributed by atoms with Crippen LogP contribution in [0.4, 0.5) is 0 Å². The standard InChI is InChI=1S/C13H10.C2H3N3/c1-3-7-12-10(5-1)9-11-6-2-4-8-13(11)12;1-3-2-5-4-1/h1-8H,9H2;1-2H,(H,3,4,5). The van der Waals surface area contributed by atoms with E-state index in [2.05, 4.69) is 63.7 Å². The van der Waals surface area contributed by atoms with Crippen molar-refractivity contribution >= 4 is 0 Å². The SMILES string of the molecule is c1ccc2c(c1)Cc1ccccc1-2.c1nc[nH]n1. The minimum atomic E-state index is 1.10. The van der Waals surface area contributed by atoms with E-state index < -0.39 is 0 Å². The number of benzene rings is 2. The highest BCUT2D eigenvalue weighted by Gasteiger charge is 2.15. The van der Waals surface area contributed by atoms with E-state index in [4.69, 9.17) is 0 Å². The number of aromatic nitrogens is 3. The molecule has 1 heterocycles. The van der Waals surface area contributed by atoms with Crippen molar-refractivity contribution < 1.29 is 0 Å². The zero-order valence-corrected chi connectivity index (χ0v) is 9.88. The van der Waals surface area contributed by atoms with Gasteiger partial charge in [-0.2, -0.15) is 5.10 Å². The van der Waals surface area contributed by atoms with Crippen LogP contribution >= 0.6 is 0 Å². The molecular formula is C15H13N3. The fraction of sp³-hybridized carbons (Fsp3) is 0.0667. The number of aromatic amines is 1. The molecule has 1 aliphatic rings. The Morgan fingerprint density at radius 2 is 1.44 bits per heavy atom. The zero-order chi connectivity index (χ0) is 12.2. The molecule has 0 saturated carbocycles. The molecule has 0 spiro atoms. The number of fused-ring (bicyclic) bond motifs is 3. The highest BCUT2D eigenvalue weighted by molar-refractivity contribution is 5.76. The molecule has 3 nitrogen and oxygen atoms in total. The van der Waals surface area contributed by atoms with Gasteiger partial charge in [-0.1, -0.05) is 48.5 Å². The van der Waals surface area contributed by atoms with Gasteiger partial charge in [-0.05, 0) is 28.7 Å². The van der Waals surface area contributed by atoms with Gasteiger partial charge in [-0.3, -0.25) is 5.10 Å². The van der Waals surface area contributed by atoms with Gasteiger partial charge in [-0.15, -0.1) is 0 Å². The van der Waals surface area contributed by atoms with Gasteiger partial charge in [0.2, 0.25) is 0 Å². The molecule has 0 saturated heterocycles. The molecule has 0 bridgehead atoms. The Morgan fingerprint density at radius 1 is 0.833 bits per heavy atom. The highest BCUT2D eigenvalue weighted by atomic mass is 15.2. The molecule has 1 N–H and O–H groups in total. The summed E-state index contributed by atoms with van der Waals surface area (Å²) in [6, 6.07) is 17.3. The lowest BCUT2D eigenvalue weighted by atomic mass is 10.1. The minimum Gasteiger partial charge on any atom is -0.266 e. The minimum absolute atomic E-state index is 1.10. The number of rotatable bonds is 0. The number of nitrogens with one attached hydrogen (secondary N) is 1. The molecule has 18 heavy (non-hydrogen) atoms. The summed E-state index contributed by atoms with van der Waals surface area (Å²) in [5, 5.41) is 5.99. The summed E-state index contributed by atoms with van der Waals surface area (Å²) in [5.41, 5.74) is 5.75. The lowest BCUT2D eigenvalue weighted by molar-refractivity contribution is 1.09. The Morgan fingerprint density at radius 3 is 1.89 bits per heavy atom. The van der Waals surface area contributed by atoms with Crippen LogP contribution in [-0.2, 0) is 6.42 Å². The van der Waals surface area contributed by atoms with Crippen LogP contribution in [0.1, 0.15) is 11.1 Å². The maximum Gasteiger partial charge on any atom is 0.137 e. The highest BCUT2D eigenvalue weighted by Crippen LogP contribution is 2.35. The van der Waals surface area contributed by atoms with Gasteiger partial charge in [0.05, 0.1) is 0 Å². The van der Waals surface area contributed by atoms with Gasteiger partial charge < -0.3 is 0 Å². The smallest absolute Gasteiger partial charge is 0.137 e. The molecular weight excluding hydrogens is 222 g/mol. The van der Waals surface area contributed by atoms with Crippen molar-refractivity contribution in [3.8, 4) is 11.1 Å². The van der Waals surface area contributed by atoms with E-state index in [1.54, 1.807) is 0 Å². The molecule has 88 valence electrons. The van der Waals surface area contributed by atoms with Gasteiger partial charge in [0.1, 0.15) is 12.7 Å². The summed E-state index contributed by atoms with van der Waals surface area (Å²) in [6.07, 6.45) is 4.06. The third-order valence-corrected chi connectivity index (χ3v) is 3.04. The Kier molecular flexibility index (Phi) is 2.88. The largest absolute Gasteiger partial charge is 0.266 e. The van der Waals surface area contributed by atoms with Crippen LogP contribution in [-0.4, -0.2) is 15.2 Å². The van der Waals surface area contributed by atoms with Crippen molar-refractivity contribution in [1.29, 1.82) is 0 Å². The van der Waals surface area contributed by atoms with Crippen LogP contribution < -0.4 is 0 Å². The molecule has 1 aromatic heterocycles. The number of H-pyrrole nitrogens is 1. The lowest BCUT2D eigenvalue weighted by Gasteiger charge is -1.98. The molecule has 3 aromatic rings. The molecule has 0 amide bonds. The summed E-state index contributed by atoms with van der Waals surface area (Å²) < 4.78 is 0. The van der Waals surface area contributed by atoms with Gasteiger partial charge in [0.25, 0.3) is 0 Å². The van der Waals surface area contributed by atoms with E-state index in [1.165, 1.54) is 34.9 Å². The van der Waals surface area contributed by atoms with Crippen LogP contribution in [0.3, 0.4) is 0 Å². The third-order valence-electron chi connectivity index (χ3n) is 3.04. The average molecular weight is 235 g/mol. The second-order valence-corrected chi connectivity index (χ2v) is 4.14. The van der Waals surface area contributed by atoms with Crippen molar-refractivity contribution in [2.75, 3.05) is 0 Å². The zero-order valence-electron chi connectivity index (χ0n) is 9.88. The Labute approximate surface area is 106 Å². The molecule has 0 fully saturated rings. The van der Waals surface area contributed by atoms with Crippen LogP contribution in [0.15, 0.2) is 61.2 Å². The second-order valence-electron chi connectivity index (χ2n) is 4.14. The van der Waals surface area contributed by atoms with Crippen LogP contribution in [0.2, 0.25) is 0 Å². The second kappa shape index (κ2) is 4.84. The van der Waals surface area contributed by atoms with Crippen LogP contribution in [0, 0.1) is 0 Å². The predicted octanol–water partition coefficient (Wildman–Crippen LogP) is 3.06. The monoisotopic (exact) mass is 235 g/mol. The van der Waals surface area contributed by atoms with Gasteiger partial charge in [-0.25, -0.2) is 4.98 Å². The Bertz CT molecular complexity index is 569. The fourth-order valence-corrected chi connectivity index (χ4v) is 2.25. The van der Waals surface area contributed by atoms with E-state index in [9.17, 15) is 0 Å². The molecule has 0 aliphatic heterocycles. The summed E-state index contributed by atoms with van der Waals surface area (Å²) in [7, 11) is 0. The molecule has 0 radical (unpaired) electrons. The first-order valence-electron chi connectivity index (χ1n) is 5.90. The summed E-state index contributed by atoms with van der Waals surface area (Å²) in [6.45, 7) is 0. The fourth-order valence-electron chi connectivity index (χ4n) is 2.25. The molecule has 0 unspecified atom stereocenters.